The van der Waals surface area contributed by atoms with E-state index in [9.17, 15) is 13.2 Å². The Morgan fingerprint density at radius 3 is 2.64 bits per heavy atom. The number of hydrogen-bond acceptors (Lipinski definition) is 4. The quantitative estimate of drug-likeness (QED) is 0.813. The number of halogens is 3. The Morgan fingerprint density at radius 1 is 1.14 bits per heavy atom. The van der Waals surface area contributed by atoms with Crippen molar-refractivity contribution >= 4 is 5.82 Å². The van der Waals surface area contributed by atoms with Crippen molar-refractivity contribution in [1.29, 1.82) is 5.26 Å². The van der Waals surface area contributed by atoms with E-state index in [4.69, 9.17) is 5.26 Å². The third-order valence-corrected chi connectivity index (χ3v) is 3.63. The van der Waals surface area contributed by atoms with Gasteiger partial charge in [-0.3, -0.25) is 0 Å². The lowest BCUT2D eigenvalue weighted by Crippen LogP contribution is -2.32. The van der Waals surface area contributed by atoms with Crippen molar-refractivity contribution in [1.82, 2.24) is 9.97 Å². The fourth-order valence-corrected chi connectivity index (χ4v) is 2.55. The minimum absolute atomic E-state index is 0.220. The van der Waals surface area contributed by atoms with Crippen LogP contribution in [0.15, 0.2) is 30.6 Å². The summed E-state index contributed by atoms with van der Waals surface area (Å²) < 4.78 is 38.2. The van der Waals surface area contributed by atoms with Crippen LogP contribution in [0.25, 0.3) is 0 Å². The van der Waals surface area contributed by atoms with Gasteiger partial charge in [0.1, 0.15) is 6.07 Å². The Bertz CT molecular complexity index is 749. The summed E-state index contributed by atoms with van der Waals surface area (Å²) in [7, 11) is 0. The zero-order valence-corrected chi connectivity index (χ0v) is 11.4. The molecular formula is C15H11F3N4. The van der Waals surface area contributed by atoms with E-state index < -0.39 is 11.7 Å². The smallest absolute Gasteiger partial charge is 0.350 e. The first-order valence-corrected chi connectivity index (χ1v) is 6.64. The summed E-state index contributed by atoms with van der Waals surface area (Å²) in [5.41, 5.74) is 1.09. The first-order valence-electron chi connectivity index (χ1n) is 6.64. The first kappa shape index (κ1) is 14.3. The molecule has 7 heteroatoms. The predicted octanol–water partition coefficient (Wildman–Crippen LogP) is 2.93. The van der Waals surface area contributed by atoms with Gasteiger partial charge in [0.2, 0.25) is 0 Å². The lowest BCUT2D eigenvalue weighted by atomic mass is 9.97. The van der Waals surface area contributed by atoms with Crippen LogP contribution in [-0.4, -0.2) is 16.5 Å². The van der Waals surface area contributed by atoms with Gasteiger partial charge in [-0.05, 0) is 29.7 Å². The number of alkyl halides is 3. The van der Waals surface area contributed by atoms with E-state index in [1.165, 1.54) is 24.5 Å². The maximum absolute atomic E-state index is 12.7. The number of nitrogens with zero attached hydrogens (tertiary/aromatic N) is 4. The lowest BCUT2D eigenvalue weighted by Gasteiger charge is -2.30. The Morgan fingerprint density at radius 2 is 1.91 bits per heavy atom. The minimum Gasteiger partial charge on any atom is -0.350 e. The normalized spacial score (nSPS) is 14.4. The van der Waals surface area contributed by atoms with Crippen molar-refractivity contribution in [2.75, 3.05) is 11.4 Å². The molecular weight excluding hydrogens is 293 g/mol. The van der Waals surface area contributed by atoms with Gasteiger partial charge in [-0.15, -0.1) is 0 Å². The van der Waals surface area contributed by atoms with Crippen LogP contribution in [0.3, 0.4) is 0 Å². The summed E-state index contributed by atoms with van der Waals surface area (Å²) in [5, 5.41) is 9.07. The molecule has 0 bridgehead atoms. The number of aromatic nitrogens is 2. The van der Waals surface area contributed by atoms with Gasteiger partial charge >= 0.3 is 6.18 Å². The van der Waals surface area contributed by atoms with E-state index in [1.54, 1.807) is 0 Å². The van der Waals surface area contributed by atoms with E-state index >= 15 is 0 Å². The number of hydrogen-bond donors (Lipinski definition) is 0. The zero-order valence-electron chi connectivity index (χ0n) is 11.4. The number of rotatable bonds is 1. The Kier molecular flexibility index (Phi) is 3.45. The highest BCUT2D eigenvalue weighted by Gasteiger charge is 2.31. The standard InChI is InChI=1S/C15H11F3N4/c16-15(17,18)12-2-1-11-9-22(6-3-10(11)7-12)14-13(8-19)20-4-5-21-14/h1-2,4-5,7H,3,6,9H2. The fourth-order valence-electron chi connectivity index (χ4n) is 2.55. The molecule has 22 heavy (non-hydrogen) atoms. The topological polar surface area (TPSA) is 52.8 Å². The van der Waals surface area contributed by atoms with Crippen LogP contribution in [0.2, 0.25) is 0 Å². The summed E-state index contributed by atoms with van der Waals surface area (Å²) in [6, 6.07) is 5.77. The molecule has 0 amide bonds. The van der Waals surface area contributed by atoms with Crippen LogP contribution >= 0.6 is 0 Å². The summed E-state index contributed by atoms with van der Waals surface area (Å²) in [6.45, 7) is 0.919. The summed E-state index contributed by atoms with van der Waals surface area (Å²) in [4.78, 5) is 9.99. The highest BCUT2D eigenvalue weighted by Crippen LogP contribution is 2.32. The average molecular weight is 304 g/mol. The third kappa shape index (κ3) is 2.60. The molecule has 2 aromatic rings. The van der Waals surface area contributed by atoms with Crippen molar-refractivity contribution in [2.45, 2.75) is 19.1 Å². The van der Waals surface area contributed by atoms with Gasteiger partial charge in [0.15, 0.2) is 11.5 Å². The van der Waals surface area contributed by atoms with Crippen LogP contribution < -0.4 is 4.90 Å². The van der Waals surface area contributed by atoms with E-state index in [-0.39, 0.29) is 5.69 Å². The van der Waals surface area contributed by atoms with Crippen LogP contribution in [0, 0.1) is 11.3 Å². The summed E-state index contributed by atoms with van der Waals surface area (Å²) >= 11 is 0. The van der Waals surface area contributed by atoms with Crippen LogP contribution in [0.5, 0.6) is 0 Å². The van der Waals surface area contributed by atoms with Gasteiger partial charge in [0.25, 0.3) is 0 Å². The van der Waals surface area contributed by atoms with Crippen LogP contribution in [0.4, 0.5) is 19.0 Å². The Labute approximate surface area is 124 Å². The maximum Gasteiger partial charge on any atom is 0.416 e. The first-order chi connectivity index (χ1) is 10.5. The van der Waals surface area contributed by atoms with Gasteiger partial charge in [-0.1, -0.05) is 6.07 Å². The molecule has 1 aromatic heterocycles. The number of anilines is 1. The van der Waals surface area contributed by atoms with Crippen molar-refractivity contribution < 1.29 is 13.2 Å². The molecule has 0 spiro atoms. The number of fused-ring (bicyclic) bond motifs is 1. The molecule has 0 radical (unpaired) electrons. The summed E-state index contributed by atoms with van der Waals surface area (Å²) in [5.74, 6) is 0.468. The lowest BCUT2D eigenvalue weighted by molar-refractivity contribution is -0.137. The molecule has 0 aliphatic carbocycles. The molecule has 0 atom stereocenters. The molecule has 3 rings (SSSR count). The van der Waals surface area contributed by atoms with E-state index in [1.807, 2.05) is 11.0 Å². The minimum atomic E-state index is -4.33. The molecule has 0 saturated carbocycles. The highest BCUT2D eigenvalue weighted by atomic mass is 19.4. The van der Waals surface area contributed by atoms with E-state index in [2.05, 4.69) is 9.97 Å². The van der Waals surface area contributed by atoms with Gasteiger partial charge in [0, 0.05) is 25.5 Å². The Balaban J connectivity index is 1.91. The van der Waals surface area contributed by atoms with E-state index in [0.717, 1.165) is 11.6 Å². The van der Waals surface area contributed by atoms with Crippen LogP contribution in [-0.2, 0) is 19.1 Å². The number of nitriles is 1. The summed E-state index contributed by atoms with van der Waals surface area (Å²) in [6.07, 6.45) is -0.917. The third-order valence-electron chi connectivity index (χ3n) is 3.63. The molecule has 2 heterocycles. The second-order valence-electron chi connectivity index (χ2n) is 4.99. The molecule has 1 aliphatic heterocycles. The molecule has 0 unspecified atom stereocenters. The molecule has 1 aromatic carbocycles. The molecule has 112 valence electrons. The maximum atomic E-state index is 12.7. The average Bonchev–Trinajstić information content (AvgIpc) is 2.53. The van der Waals surface area contributed by atoms with Crippen LogP contribution in [0.1, 0.15) is 22.4 Å². The van der Waals surface area contributed by atoms with Crippen molar-refractivity contribution in [2.24, 2.45) is 0 Å². The molecule has 1 aliphatic rings. The predicted molar refractivity (Wildman–Crippen MR) is 72.9 cm³/mol. The zero-order chi connectivity index (χ0) is 15.7. The second kappa shape index (κ2) is 5.30. The van der Waals surface area contributed by atoms with Crippen molar-refractivity contribution in [3.63, 3.8) is 0 Å². The number of benzene rings is 1. The van der Waals surface area contributed by atoms with Gasteiger partial charge < -0.3 is 4.90 Å². The molecule has 0 saturated heterocycles. The highest BCUT2D eigenvalue weighted by molar-refractivity contribution is 5.52. The fraction of sp³-hybridized carbons (Fsp3) is 0.267. The van der Waals surface area contributed by atoms with E-state index in [0.29, 0.717) is 30.9 Å². The largest absolute Gasteiger partial charge is 0.416 e. The van der Waals surface area contributed by atoms with Gasteiger partial charge in [-0.25, -0.2) is 9.97 Å². The molecule has 0 N–H and O–H groups in total. The van der Waals surface area contributed by atoms with Crippen molar-refractivity contribution in [3.05, 3.63) is 53.0 Å². The SMILES string of the molecule is N#Cc1nccnc1N1CCc2cc(C(F)(F)F)ccc2C1. The van der Waals surface area contributed by atoms with Gasteiger partial charge in [0.05, 0.1) is 5.56 Å². The Hall–Kier alpha value is -2.62. The van der Waals surface area contributed by atoms with Gasteiger partial charge in [-0.2, -0.15) is 18.4 Å². The molecule has 0 fully saturated rings. The van der Waals surface area contributed by atoms with Crippen molar-refractivity contribution in [3.8, 4) is 6.07 Å². The monoisotopic (exact) mass is 304 g/mol. The molecule has 4 nitrogen and oxygen atoms in total. The second-order valence-corrected chi connectivity index (χ2v) is 4.99.